The van der Waals surface area contributed by atoms with Gasteiger partial charge < -0.3 is 29.9 Å². The monoisotopic (exact) mass is 222 g/mol. The molecule has 1 fully saturated rings. The first-order valence-corrected chi connectivity index (χ1v) is 5.00. The molecular formula is C9H18O6. The largest absolute Gasteiger partial charge is 0.391 e. The van der Waals surface area contributed by atoms with E-state index in [0.717, 1.165) is 0 Å². The third-order valence-corrected chi connectivity index (χ3v) is 2.44. The van der Waals surface area contributed by atoms with Crippen molar-refractivity contribution in [1.82, 2.24) is 0 Å². The first kappa shape index (κ1) is 12.8. The Balaban J connectivity index is 2.71. The first-order valence-electron chi connectivity index (χ1n) is 5.00. The summed E-state index contributed by atoms with van der Waals surface area (Å²) in [6.07, 6.45) is -3.30. The molecule has 0 spiro atoms. The van der Waals surface area contributed by atoms with Gasteiger partial charge in [0, 0.05) is 6.61 Å². The van der Waals surface area contributed by atoms with Crippen molar-refractivity contribution in [3.63, 3.8) is 0 Å². The van der Waals surface area contributed by atoms with Crippen molar-refractivity contribution in [2.75, 3.05) is 19.8 Å². The Bertz CT molecular complexity index is 195. The molecule has 0 unspecified atom stereocenters. The normalized spacial score (nSPS) is 41.8. The fourth-order valence-corrected chi connectivity index (χ4v) is 1.47. The highest BCUT2D eigenvalue weighted by atomic mass is 16.7. The van der Waals surface area contributed by atoms with Crippen molar-refractivity contribution >= 4 is 0 Å². The van der Waals surface area contributed by atoms with Crippen LogP contribution in [0.5, 0.6) is 0 Å². The lowest BCUT2D eigenvalue weighted by molar-refractivity contribution is -0.348. The van der Waals surface area contributed by atoms with E-state index in [1.165, 1.54) is 0 Å². The van der Waals surface area contributed by atoms with Gasteiger partial charge in [0.25, 0.3) is 0 Å². The number of hydrogen-bond acceptors (Lipinski definition) is 6. The SMILES string of the molecule is CCCO[C@@]1(CO)OC[C@H](O)[C@@H](O)[C@@H]1O. The fraction of sp³-hybridized carbons (Fsp3) is 1.00. The van der Waals surface area contributed by atoms with Crippen LogP contribution in [0, 0.1) is 0 Å². The van der Waals surface area contributed by atoms with Crippen LogP contribution in [0.3, 0.4) is 0 Å². The molecule has 4 atom stereocenters. The van der Waals surface area contributed by atoms with E-state index >= 15 is 0 Å². The van der Waals surface area contributed by atoms with Crippen LogP contribution in [0.15, 0.2) is 0 Å². The van der Waals surface area contributed by atoms with Crippen LogP contribution < -0.4 is 0 Å². The average Bonchev–Trinajstić information content (AvgIpc) is 2.26. The Hall–Kier alpha value is -0.240. The zero-order valence-corrected chi connectivity index (χ0v) is 8.67. The van der Waals surface area contributed by atoms with Crippen LogP contribution >= 0.6 is 0 Å². The molecule has 1 aliphatic heterocycles. The van der Waals surface area contributed by atoms with Crippen LogP contribution in [-0.2, 0) is 9.47 Å². The molecule has 1 aliphatic rings. The van der Waals surface area contributed by atoms with Crippen molar-refractivity contribution in [3.8, 4) is 0 Å². The molecule has 90 valence electrons. The van der Waals surface area contributed by atoms with E-state index in [0.29, 0.717) is 13.0 Å². The highest BCUT2D eigenvalue weighted by molar-refractivity contribution is 4.92. The van der Waals surface area contributed by atoms with Crippen LogP contribution in [0.25, 0.3) is 0 Å². The van der Waals surface area contributed by atoms with Crippen LogP contribution in [0.4, 0.5) is 0 Å². The molecule has 0 radical (unpaired) electrons. The minimum atomic E-state index is -1.62. The van der Waals surface area contributed by atoms with Gasteiger partial charge in [-0.15, -0.1) is 0 Å². The summed E-state index contributed by atoms with van der Waals surface area (Å²) in [7, 11) is 0. The number of aliphatic hydroxyl groups excluding tert-OH is 4. The van der Waals surface area contributed by atoms with E-state index in [1.54, 1.807) is 0 Å². The van der Waals surface area contributed by atoms with Gasteiger partial charge in [-0.25, -0.2) is 0 Å². The van der Waals surface area contributed by atoms with Gasteiger partial charge in [-0.05, 0) is 6.42 Å². The topological polar surface area (TPSA) is 99.4 Å². The molecule has 1 heterocycles. The molecule has 6 nitrogen and oxygen atoms in total. The summed E-state index contributed by atoms with van der Waals surface area (Å²) in [6, 6.07) is 0. The zero-order valence-electron chi connectivity index (χ0n) is 8.67. The molecule has 0 bridgehead atoms. The van der Waals surface area contributed by atoms with Gasteiger partial charge in [-0.1, -0.05) is 6.92 Å². The fourth-order valence-electron chi connectivity index (χ4n) is 1.47. The summed E-state index contributed by atoms with van der Waals surface area (Å²) < 4.78 is 10.3. The van der Waals surface area contributed by atoms with E-state index in [2.05, 4.69) is 0 Å². The Morgan fingerprint density at radius 2 is 2.07 bits per heavy atom. The molecule has 0 aromatic rings. The third-order valence-electron chi connectivity index (χ3n) is 2.44. The maximum Gasteiger partial charge on any atom is 0.221 e. The molecule has 1 rings (SSSR count). The summed E-state index contributed by atoms with van der Waals surface area (Å²) in [5.41, 5.74) is 0. The summed E-state index contributed by atoms with van der Waals surface area (Å²) in [5, 5.41) is 37.5. The highest BCUT2D eigenvalue weighted by Gasteiger charge is 2.50. The Kier molecular flexibility index (Phi) is 4.45. The molecule has 0 aliphatic carbocycles. The number of ether oxygens (including phenoxy) is 2. The van der Waals surface area contributed by atoms with Gasteiger partial charge >= 0.3 is 0 Å². The Morgan fingerprint density at radius 3 is 2.60 bits per heavy atom. The maximum atomic E-state index is 9.67. The molecule has 0 saturated carbocycles. The molecule has 15 heavy (non-hydrogen) atoms. The predicted octanol–water partition coefficient (Wildman–Crippen LogP) is -1.79. The van der Waals surface area contributed by atoms with Crippen molar-refractivity contribution < 1.29 is 29.9 Å². The minimum Gasteiger partial charge on any atom is -0.391 e. The minimum absolute atomic E-state index is 0.178. The van der Waals surface area contributed by atoms with Gasteiger partial charge in [0.05, 0.1) is 6.61 Å². The zero-order chi connectivity index (χ0) is 11.5. The molecule has 0 amide bonds. The quantitative estimate of drug-likeness (QED) is 0.448. The van der Waals surface area contributed by atoms with Crippen molar-refractivity contribution in [1.29, 1.82) is 0 Å². The second-order valence-electron chi connectivity index (χ2n) is 3.63. The van der Waals surface area contributed by atoms with E-state index in [1.807, 2.05) is 6.92 Å². The number of rotatable bonds is 4. The summed E-state index contributed by atoms with van der Waals surface area (Å²) >= 11 is 0. The van der Waals surface area contributed by atoms with Crippen LogP contribution in [-0.4, -0.2) is 64.3 Å². The van der Waals surface area contributed by atoms with Crippen LogP contribution in [0.1, 0.15) is 13.3 Å². The molecule has 6 heteroatoms. The van der Waals surface area contributed by atoms with Gasteiger partial charge in [0.15, 0.2) is 0 Å². The van der Waals surface area contributed by atoms with Gasteiger partial charge in [0.2, 0.25) is 5.79 Å². The lowest BCUT2D eigenvalue weighted by atomic mass is 9.97. The third kappa shape index (κ3) is 2.47. The second kappa shape index (κ2) is 5.20. The van der Waals surface area contributed by atoms with Crippen molar-refractivity contribution in [2.45, 2.75) is 37.4 Å². The summed E-state index contributed by atoms with van der Waals surface area (Å²) in [6.45, 7) is 1.41. The molecule has 4 N–H and O–H groups in total. The maximum absolute atomic E-state index is 9.67. The van der Waals surface area contributed by atoms with Crippen LogP contribution in [0.2, 0.25) is 0 Å². The Labute approximate surface area is 88.1 Å². The predicted molar refractivity (Wildman–Crippen MR) is 50.0 cm³/mol. The van der Waals surface area contributed by atoms with Crippen molar-refractivity contribution in [3.05, 3.63) is 0 Å². The standard InChI is InChI=1S/C9H18O6/c1-2-3-14-9(5-10)8(13)7(12)6(11)4-15-9/h6-8,10-13H,2-5H2,1H3/t6-,7+,8-,9-/m0/s1. The average molecular weight is 222 g/mol. The van der Waals surface area contributed by atoms with E-state index in [-0.39, 0.29) is 6.61 Å². The van der Waals surface area contributed by atoms with E-state index < -0.39 is 30.7 Å². The molecule has 0 aromatic carbocycles. The molecule has 0 aromatic heterocycles. The van der Waals surface area contributed by atoms with Crippen molar-refractivity contribution in [2.24, 2.45) is 0 Å². The van der Waals surface area contributed by atoms with Gasteiger partial charge in [0.1, 0.15) is 24.9 Å². The lowest BCUT2D eigenvalue weighted by Gasteiger charge is -2.43. The second-order valence-corrected chi connectivity index (χ2v) is 3.63. The smallest absolute Gasteiger partial charge is 0.221 e. The molecule has 1 saturated heterocycles. The lowest BCUT2D eigenvalue weighted by Crippen LogP contribution is -2.63. The summed E-state index contributed by atoms with van der Waals surface area (Å²) in [4.78, 5) is 0. The molecular weight excluding hydrogens is 204 g/mol. The van der Waals surface area contributed by atoms with E-state index in [4.69, 9.17) is 14.6 Å². The van der Waals surface area contributed by atoms with Gasteiger partial charge in [-0.2, -0.15) is 0 Å². The summed E-state index contributed by atoms with van der Waals surface area (Å²) in [5.74, 6) is -1.62. The Morgan fingerprint density at radius 1 is 1.40 bits per heavy atom. The number of hydrogen-bond donors (Lipinski definition) is 4. The highest BCUT2D eigenvalue weighted by Crippen LogP contribution is 2.27. The number of aliphatic hydroxyl groups is 4. The first-order chi connectivity index (χ1) is 7.07. The van der Waals surface area contributed by atoms with Gasteiger partial charge in [-0.3, -0.25) is 0 Å². The van der Waals surface area contributed by atoms with E-state index in [9.17, 15) is 15.3 Å².